The van der Waals surface area contributed by atoms with E-state index in [0.717, 1.165) is 18.2 Å². The van der Waals surface area contributed by atoms with Gasteiger partial charge in [-0.15, -0.1) is 0 Å². The molecule has 0 radical (unpaired) electrons. The van der Waals surface area contributed by atoms with Gasteiger partial charge in [0.1, 0.15) is 5.75 Å². The van der Waals surface area contributed by atoms with E-state index in [0.29, 0.717) is 6.04 Å². The van der Waals surface area contributed by atoms with Crippen molar-refractivity contribution in [2.24, 2.45) is 5.92 Å². The van der Waals surface area contributed by atoms with E-state index in [2.05, 4.69) is 40.3 Å². The molecule has 1 atom stereocenters. The monoisotopic (exact) mass is 339 g/mol. The molecule has 0 aliphatic heterocycles. The van der Waals surface area contributed by atoms with E-state index in [1.165, 1.54) is 48.6 Å². The second kappa shape index (κ2) is 8.04. The van der Waals surface area contributed by atoms with E-state index < -0.39 is 0 Å². The summed E-state index contributed by atoms with van der Waals surface area (Å²) in [5, 5.41) is 3.72. The zero-order valence-corrected chi connectivity index (χ0v) is 14.2. The fourth-order valence-electron chi connectivity index (χ4n) is 3.13. The Morgan fingerprint density at radius 2 is 2.10 bits per heavy atom. The first-order valence-electron chi connectivity index (χ1n) is 7.81. The largest absolute Gasteiger partial charge is 0.497 e. The molecule has 1 unspecified atom stereocenters. The topological polar surface area (TPSA) is 21.3 Å². The van der Waals surface area contributed by atoms with Crippen LogP contribution in [0.5, 0.6) is 5.75 Å². The van der Waals surface area contributed by atoms with Crippen LogP contribution in [0.3, 0.4) is 0 Å². The van der Waals surface area contributed by atoms with Crippen LogP contribution in [0.2, 0.25) is 0 Å². The Morgan fingerprint density at radius 3 is 2.75 bits per heavy atom. The highest BCUT2D eigenvalue weighted by Crippen LogP contribution is 2.36. The molecule has 20 heavy (non-hydrogen) atoms. The molecule has 0 amide bonds. The lowest BCUT2D eigenvalue weighted by atomic mass is 9.93. The first kappa shape index (κ1) is 15.8. The molecule has 1 aromatic rings. The zero-order valence-electron chi connectivity index (χ0n) is 12.6. The summed E-state index contributed by atoms with van der Waals surface area (Å²) in [6.45, 7) is 3.29. The summed E-state index contributed by atoms with van der Waals surface area (Å²) in [4.78, 5) is 0. The van der Waals surface area contributed by atoms with Crippen molar-refractivity contribution >= 4 is 15.9 Å². The quantitative estimate of drug-likeness (QED) is 0.747. The molecule has 1 saturated carbocycles. The van der Waals surface area contributed by atoms with E-state index in [1.54, 1.807) is 7.11 Å². The van der Waals surface area contributed by atoms with Crippen molar-refractivity contribution in [3.8, 4) is 5.75 Å². The summed E-state index contributed by atoms with van der Waals surface area (Å²) in [5.74, 6) is 1.82. The van der Waals surface area contributed by atoms with Gasteiger partial charge in [-0.1, -0.05) is 48.5 Å². The highest BCUT2D eigenvalue weighted by molar-refractivity contribution is 9.10. The first-order chi connectivity index (χ1) is 9.74. The van der Waals surface area contributed by atoms with Crippen LogP contribution in [0.1, 0.15) is 57.1 Å². The van der Waals surface area contributed by atoms with Crippen molar-refractivity contribution in [3.05, 3.63) is 28.2 Å². The lowest BCUT2D eigenvalue weighted by molar-refractivity contribution is 0.388. The molecule has 0 heterocycles. The number of rotatable bonds is 7. The Morgan fingerprint density at radius 1 is 1.35 bits per heavy atom. The minimum absolute atomic E-state index is 0.433. The van der Waals surface area contributed by atoms with Gasteiger partial charge in [0.15, 0.2) is 0 Å². The number of benzene rings is 1. The standard InChI is InChI=1S/C17H26BrNO/c1-3-10-19-17(11-13-6-4-5-7-13)15-12-14(20-2)8-9-16(15)18/h8-9,12-13,17,19H,3-7,10-11H2,1-2H3. The molecule has 0 saturated heterocycles. The van der Waals surface area contributed by atoms with Gasteiger partial charge in [-0.05, 0) is 49.1 Å². The minimum atomic E-state index is 0.433. The smallest absolute Gasteiger partial charge is 0.119 e. The summed E-state index contributed by atoms with van der Waals surface area (Å²) < 4.78 is 6.57. The van der Waals surface area contributed by atoms with E-state index in [4.69, 9.17) is 4.74 Å². The third-order valence-electron chi connectivity index (χ3n) is 4.26. The molecule has 3 heteroatoms. The van der Waals surface area contributed by atoms with Gasteiger partial charge in [-0.3, -0.25) is 0 Å². The highest BCUT2D eigenvalue weighted by atomic mass is 79.9. The van der Waals surface area contributed by atoms with Crippen LogP contribution in [0, 0.1) is 5.92 Å². The summed E-state index contributed by atoms with van der Waals surface area (Å²) in [7, 11) is 1.73. The maximum absolute atomic E-state index is 5.39. The van der Waals surface area contributed by atoms with Gasteiger partial charge in [0.25, 0.3) is 0 Å². The molecule has 112 valence electrons. The van der Waals surface area contributed by atoms with Gasteiger partial charge in [0.2, 0.25) is 0 Å². The van der Waals surface area contributed by atoms with Crippen molar-refractivity contribution < 1.29 is 4.74 Å². The summed E-state index contributed by atoms with van der Waals surface area (Å²) in [5.41, 5.74) is 1.34. The Labute approximate surface area is 131 Å². The molecule has 2 nitrogen and oxygen atoms in total. The normalized spacial score (nSPS) is 17.4. The SMILES string of the molecule is CCCNC(CC1CCCC1)c1cc(OC)ccc1Br. The Bertz CT molecular complexity index is 415. The summed E-state index contributed by atoms with van der Waals surface area (Å²) in [6, 6.07) is 6.72. The van der Waals surface area contributed by atoms with Gasteiger partial charge in [0.05, 0.1) is 7.11 Å². The van der Waals surface area contributed by atoms with Gasteiger partial charge < -0.3 is 10.1 Å². The number of hydrogen-bond acceptors (Lipinski definition) is 2. The van der Waals surface area contributed by atoms with Crippen LogP contribution in [0.4, 0.5) is 0 Å². The zero-order chi connectivity index (χ0) is 14.4. The predicted molar refractivity (Wildman–Crippen MR) is 88.3 cm³/mol. The highest BCUT2D eigenvalue weighted by Gasteiger charge is 2.22. The van der Waals surface area contributed by atoms with Crippen LogP contribution in [-0.4, -0.2) is 13.7 Å². The van der Waals surface area contributed by atoms with E-state index >= 15 is 0 Å². The molecular weight excluding hydrogens is 314 g/mol. The lowest BCUT2D eigenvalue weighted by Gasteiger charge is -2.24. The maximum Gasteiger partial charge on any atom is 0.119 e. The number of hydrogen-bond donors (Lipinski definition) is 1. The Kier molecular flexibility index (Phi) is 6.37. The second-order valence-electron chi connectivity index (χ2n) is 5.78. The molecule has 0 aromatic heterocycles. The van der Waals surface area contributed by atoms with Crippen molar-refractivity contribution in [1.29, 1.82) is 0 Å². The second-order valence-corrected chi connectivity index (χ2v) is 6.63. The molecule has 1 aromatic carbocycles. The number of methoxy groups -OCH3 is 1. The molecule has 1 fully saturated rings. The molecule has 0 bridgehead atoms. The minimum Gasteiger partial charge on any atom is -0.497 e. The van der Waals surface area contributed by atoms with Gasteiger partial charge in [-0.25, -0.2) is 0 Å². The number of halogens is 1. The fraction of sp³-hybridized carbons (Fsp3) is 0.647. The number of nitrogens with one attached hydrogen (secondary N) is 1. The van der Waals surface area contributed by atoms with Crippen LogP contribution in [-0.2, 0) is 0 Å². The molecule has 1 aliphatic rings. The Balaban J connectivity index is 2.15. The lowest BCUT2D eigenvalue weighted by Crippen LogP contribution is -2.24. The predicted octanol–water partition coefficient (Wildman–Crippen LogP) is 5.08. The summed E-state index contributed by atoms with van der Waals surface area (Å²) >= 11 is 3.71. The molecule has 1 N–H and O–H groups in total. The van der Waals surface area contributed by atoms with Crippen molar-refractivity contribution in [1.82, 2.24) is 5.32 Å². The molecule has 0 spiro atoms. The third-order valence-corrected chi connectivity index (χ3v) is 4.99. The van der Waals surface area contributed by atoms with Gasteiger partial charge >= 0.3 is 0 Å². The third kappa shape index (κ3) is 4.23. The van der Waals surface area contributed by atoms with Crippen LogP contribution < -0.4 is 10.1 Å². The van der Waals surface area contributed by atoms with E-state index in [1.807, 2.05) is 6.07 Å². The average Bonchev–Trinajstić information content (AvgIpc) is 2.97. The maximum atomic E-state index is 5.39. The average molecular weight is 340 g/mol. The van der Waals surface area contributed by atoms with Crippen molar-refractivity contribution in [2.75, 3.05) is 13.7 Å². The molecule has 1 aliphatic carbocycles. The Hall–Kier alpha value is -0.540. The van der Waals surface area contributed by atoms with E-state index in [-0.39, 0.29) is 0 Å². The van der Waals surface area contributed by atoms with Crippen LogP contribution >= 0.6 is 15.9 Å². The first-order valence-corrected chi connectivity index (χ1v) is 8.60. The number of ether oxygens (including phenoxy) is 1. The van der Waals surface area contributed by atoms with Crippen LogP contribution in [0.15, 0.2) is 22.7 Å². The molecule has 2 rings (SSSR count). The van der Waals surface area contributed by atoms with Crippen molar-refractivity contribution in [2.45, 2.75) is 51.5 Å². The van der Waals surface area contributed by atoms with Crippen LogP contribution in [0.25, 0.3) is 0 Å². The van der Waals surface area contributed by atoms with Crippen molar-refractivity contribution in [3.63, 3.8) is 0 Å². The van der Waals surface area contributed by atoms with Gasteiger partial charge in [0, 0.05) is 10.5 Å². The van der Waals surface area contributed by atoms with E-state index in [9.17, 15) is 0 Å². The molecular formula is C17H26BrNO. The van der Waals surface area contributed by atoms with Gasteiger partial charge in [-0.2, -0.15) is 0 Å². The fourth-order valence-corrected chi connectivity index (χ4v) is 3.66. The summed E-state index contributed by atoms with van der Waals surface area (Å²) in [6.07, 6.45) is 8.02.